The Morgan fingerprint density at radius 1 is 1.03 bits per heavy atom. The number of halogens is 1. The van der Waals surface area contributed by atoms with Gasteiger partial charge < -0.3 is 15.0 Å². The standard InChI is InChI=1S/C25H28FN3O2S/c1-18(27-25(30)19-5-11-22(31-2)12-6-19)24(23-4-3-17-32-23)29-15-13-28(14-16-29)21-9-7-20(26)8-10-21/h3-12,17-18,24H,13-16H2,1-2H3,(H,27,30)/t18-,24+/m0/s1. The third-order valence-corrected chi connectivity index (χ3v) is 6.86. The van der Waals surface area contributed by atoms with E-state index in [1.807, 2.05) is 12.1 Å². The molecule has 3 aromatic rings. The maximum atomic E-state index is 13.3. The highest BCUT2D eigenvalue weighted by Gasteiger charge is 2.31. The van der Waals surface area contributed by atoms with E-state index in [-0.39, 0.29) is 23.8 Å². The highest BCUT2D eigenvalue weighted by molar-refractivity contribution is 7.10. The number of nitrogens with zero attached hydrogens (tertiary/aromatic N) is 2. The second-order valence-corrected chi connectivity index (χ2v) is 8.93. The van der Waals surface area contributed by atoms with Crippen LogP contribution in [-0.2, 0) is 0 Å². The van der Waals surface area contributed by atoms with Gasteiger partial charge >= 0.3 is 0 Å². The molecule has 1 N–H and O–H groups in total. The van der Waals surface area contributed by atoms with E-state index < -0.39 is 0 Å². The molecule has 2 aromatic carbocycles. The SMILES string of the molecule is COc1ccc(C(=O)N[C@@H](C)[C@H](c2cccs2)N2CCN(c3ccc(F)cc3)CC2)cc1. The third-order valence-electron chi connectivity index (χ3n) is 5.92. The zero-order valence-corrected chi connectivity index (χ0v) is 19.1. The molecule has 0 aliphatic carbocycles. The number of rotatable bonds is 7. The second kappa shape index (κ2) is 10.1. The van der Waals surface area contributed by atoms with Crippen molar-refractivity contribution in [1.29, 1.82) is 0 Å². The summed E-state index contributed by atoms with van der Waals surface area (Å²) in [6, 6.07) is 18.0. The number of methoxy groups -OCH3 is 1. The highest BCUT2D eigenvalue weighted by atomic mass is 32.1. The summed E-state index contributed by atoms with van der Waals surface area (Å²) in [6.45, 7) is 5.50. The molecular weight excluding hydrogens is 425 g/mol. The first-order valence-electron chi connectivity index (χ1n) is 10.8. The molecule has 1 saturated heterocycles. The van der Waals surface area contributed by atoms with Gasteiger partial charge in [0.05, 0.1) is 13.2 Å². The molecule has 1 aliphatic heterocycles. The van der Waals surface area contributed by atoms with Crippen molar-refractivity contribution in [3.63, 3.8) is 0 Å². The number of benzene rings is 2. The lowest BCUT2D eigenvalue weighted by atomic mass is 10.0. The van der Waals surface area contributed by atoms with Crippen molar-refractivity contribution in [2.45, 2.75) is 19.0 Å². The number of nitrogens with one attached hydrogen (secondary N) is 1. The van der Waals surface area contributed by atoms with Gasteiger partial charge in [0.15, 0.2) is 0 Å². The number of carbonyl (C=O) groups excluding carboxylic acids is 1. The molecular formula is C25H28FN3O2S. The summed E-state index contributed by atoms with van der Waals surface area (Å²) in [7, 11) is 1.61. The minimum Gasteiger partial charge on any atom is -0.497 e. The van der Waals surface area contributed by atoms with E-state index in [4.69, 9.17) is 4.74 Å². The number of hydrogen-bond acceptors (Lipinski definition) is 5. The van der Waals surface area contributed by atoms with Crippen LogP contribution in [0.1, 0.15) is 28.2 Å². The molecule has 168 valence electrons. The molecule has 4 rings (SSSR count). The molecule has 0 bridgehead atoms. The van der Waals surface area contributed by atoms with Crippen molar-refractivity contribution >= 4 is 22.9 Å². The van der Waals surface area contributed by atoms with E-state index in [2.05, 4.69) is 39.6 Å². The predicted molar refractivity (Wildman–Crippen MR) is 127 cm³/mol. The van der Waals surface area contributed by atoms with Crippen molar-refractivity contribution in [3.8, 4) is 5.75 Å². The molecule has 0 unspecified atom stereocenters. The second-order valence-electron chi connectivity index (χ2n) is 7.95. The molecule has 1 fully saturated rings. The van der Waals surface area contributed by atoms with E-state index in [0.29, 0.717) is 5.56 Å². The Kier molecular flexibility index (Phi) is 7.07. The predicted octanol–water partition coefficient (Wildman–Crippen LogP) is 4.58. The molecule has 5 nitrogen and oxygen atoms in total. The van der Waals surface area contributed by atoms with Gasteiger partial charge in [-0.1, -0.05) is 6.07 Å². The van der Waals surface area contributed by atoms with E-state index >= 15 is 0 Å². The lowest BCUT2D eigenvalue weighted by molar-refractivity contribution is 0.0890. The molecule has 32 heavy (non-hydrogen) atoms. The largest absolute Gasteiger partial charge is 0.497 e. The zero-order valence-electron chi connectivity index (χ0n) is 18.3. The molecule has 7 heteroatoms. The molecule has 1 aromatic heterocycles. The molecule has 2 heterocycles. The molecule has 0 radical (unpaired) electrons. The summed E-state index contributed by atoms with van der Waals surface area (Å²) in [4.78, 5) is 18.8. The average molecular weight is 454 g/mol. The van der Waals surface area contributed by atoms with Crippen molar-refractivity contribution < 1.29 is 13.9 Å². The monoisotopic (exact) mass is 453 g/mol. The third kappa shape index (κ3) is 5.11. The van der Waals surface area contributed by atoms with Crippen molar-refractivity contribution in [1.82, 2.24) is 10.2 Å². The number of hydrogen-bond donors (Lipinski definition) is 1. The van der Waals surface area contributed by atoms with E-state index in [0.717, 1.165) is 37.6 Å². The molecule has 1 amide bonds. The van der Waals surface area contributed by atoms with Gasteiger partial charge in [0.2, 0.25) is 0 Å². The van der Waals surface area contributed by atoms with Gasteiger partial charge in [-0.25, -0.2) is 4.39 Å². The smallest absolute Gasteiger partial charge is 0.251 e. The van der Waals surface area contributed by atoms with Crippen LogP contribution in [0.3, 0.4) is 0 Å². The molecule has 1 aliphatic rings. The molecule has 2 atom stereocenters. The van der Waals surface area contributed by atoms with Gasteiger partial charge in [0.25, 0.3) is 5.91 Å². The van der Waals surface area contributed by atoms with Gasteiger partial charge in [-0.05, 0) is 66.9 Å². The lowest BCUT2D eigenvalue weighted by Crippen LogP contribution is -2.52. The zero-order chi connectivity index (χ0) is 22.5. The lowest BCUT2D eigenvalue weighted by Gasteiger charge is -2.42. The van der Waals surface area contributed by atoms with Gasteiger partial charge in [0.1, 0.15) is 11.6 Å². The number of piperazine rings is 1. The highest BCUT2D eigenvalue weighted by Crippen LogP contribution is 2.30. The van der Waals surface area contributed by atoms with E-state index in [9.17, 15) is 9.18 Å². The summed E-state index contributed by atoms with van der Waals surface area (Å²) in [5.41, 5.74) is 1.66. The van der Waals surface area contributed by atoms with Gasteiger partial charge in [0, 0.05) is 48.3 Å². The maximum Gasteiger partial charge on any atom is 0.251 e. The minimum atomic E-state index is -0.216. The Bertz CT molecular complexity index is 1000. The summed E-state index contributed by atoms with van der Waals surface area (Å²) in [5.74, 6) is 0.420. The quantitative estimate of drug-likeness (QED) is 0.569. The van der Waals surface area contributed by atoms with Crippen molar-refractivity contribution in [2.75, 3.05) is 38.2 Å². The number of anilines is 1. The first-order valence-corrected chi connectivity index (χ1v) is 11.7. The Labute approximate surface area is 192 Å². The van der Waals surface area contributed by atoms with Crippen molar-refractivity contribution in [2.24, 2.45) is 0 Å². The summed E-state index contributed by atoms with van der Waals surface area (Å²) < 4.78 is 18.4. The Hall–Kier alpha value is -2.90. The van der Waals surface area contributed by atoms with Gasteiger partial charge in [-0.3, -0.25) is 9.69 Å². The summed E-state index contributed by atoms with van der Waals surface area (Å²) in [6.07, 6.45) is 0. The van der Waals surface area contributed by atoms with E-state index in [1.165, 1.54) is 17.0 Å². The van der Waals surface area contributed by atoms with Crippen LogP contribution in [-0.4, -0.2) is 50.1 Å². The number of carbonyl (C=O) groups is 1. The van der Waals surface area contributed by atoms with Crippen LogP contribution in [0.25, 0.3) is 0 Å². The summed E-state index contributed by atoms with van der Waals surface area (Å²) in [5, 5.41) is 5.28. The van der Waals surface area contributed by atoms with Crippen LogP contribution in [0.5, 0.6) is 5.75 Å². The van der Waals surface area contributed by atoms with Gasteiger partial charge in [-0.2, -0.15) is 0 Å². The van der Waals surface area contributed by atoms with Crippen LogP contribution in [0, 0.1) is 5.82 Å². The van der Waals surface area contributed by atoms with Crippen LogP contribution < -0.4 is 15.0 Å². The average Bonchev–Trinajstić information content (AvgIpc) is 3.34. The topological polar surface area (TPSA) is 44.8 Å². The maximum absolute atomic E-state index is 13.3. The van der Waals surface area contributed by atoms with Crippen LogP contribution >= 0.6 is 11.3 Å². The Morgan fingerprint density at radius 3 is 2.31 bits per heavy atom. The fourth-order valence-electron chi connectivity index (χ4n) is 4.22. The first-order chi connectivity index (χ1) is 15.5. The minimum absolute atomic E-state index is 0.0689. The normalized spacial score (nSPS) is 16.4. The first kappa shape index (κ1) is 22.3. The van der Waals surface area contributed by atoms with Crippen LogP contribution in [0.2, 0.25) is 0 Å². The van der Waals surface area contributed by atoms with E-state index in [1.54, 1.807) is 42.7 Å². The molecule has 0 spiro atoms. The fourth-order valence-corrected chi connectivity index (χ4v) is 5.19. The number of amides is 1. The van der Waals surface area contributed by atoms with Gasteiger partial charge in [-0.15, -0.1) is 11.3 Å². The van der Waals surface area contributed by atoms with Crippen LogP contribution in [0.15, 0.2) is 66.0 Å². The van der Waals surface area contributed by atoms with Crippen molar-refractivity contribution in [3.05, 3.63) is 82.3 Å². The Balaban J connectivity index is 1.44. The fraction of sp³-hybridized carbons (Fsp3) is 0.320. The summed E-state index contributed by atoms with van der Waals surface area (Å²) >= 11 is 1.71. The number of thiophene rings is 1. The molecule has 0 saturated carbocycles. The number of ether oxygens (including phenoxy) is 1. The van der Waals surface area contributed by atoms with Crippen LogP contribution in [0.4, 0.5) is 10.1 Å². The Morgan fingerprint density at radius 2 is 1.72 bits per heavy atom.